The van der Waals surface area contributed by atoms with Gasteiger partial charge < -0.3 is 8.83 Å². The van der Waals surface area contributed by atoms with E-state index in [1.807, 2.05) is 60.7 Å². The van der Waals surface area contributed by atoms with E-state index in [2.05, 4.69) is 121 Å². The molecule has 0 amide bonds. The third kappa shape index (κ3) is 5.34. The minimum Gasteiger partial charge on any atom is -0.456 e. The Bertz CT molecular complexity index is 3590. The van der Waals surface area contributed by atoms with Crippen molar-refractivity contribution in [1.82, 2.24) is 19.9 Å². The average Bonchev–Trinajstić information content (AvgIpc) is 3.86. The van der Waals surface area contributed by atoms with Crippen LogP contribution >= 0.6 is 0 Å². The third-order valence-electron chi connectivity index (χ3n) is 11.1. The minimum atomic E-state index is 0.472. The van der Waals surface area contributed by atoms with Crippen LogP contribution in [0.4, 0.5) is 0 Å². The summed E-state index contributed by atoms with van der Waals surface area (Å²) in [5, 5.41) is 7.63. The van der Waals surface area contributed by atoms with Crippen molar-refractivity contribution in [3.8, 4) is 56.5 Å². The van der Waals surface area contributed by atoms with Crippen LogP contribution in [0.5, 0.6) is 0 Å². The molecule has 0 saturated carbocycles. The summed E-state index contributed by atoms with van der Waals surface area (Å²) in [5.74, 6) is 1.58. The molecule has 12 aromatic rings. The highest BCUT2D eigenvalue weighted by molar-refractivity contribution is 6.07. The molecule has 0 aliphatic rings. The highest BCUT2D eigenvalue weighted by Gasteiger charge is 2.18. The van der Waals surface area contributed by atoms with Gasteiger partial charge in [-0.1, -0.05) is 115 Å². The van der Waals surface area contributed by atoms with Crippen molar-refractivity contribution in [2.24, 2.45) is 0 Å². The van der Waals surface area contributed by atoms with Gasteiger partial charge in [-0.25, -0.2) is 19.9 Å². The van der Waals surface area contributed by atoms with Crippen LogP contribution in [0.2, 0.25) is 0 Å². The maximum Gasteiger partial charge on any atom is 0.182 e. The van der Waals surface area contributed by atoms with Gasteiger partial charge >= 0.3 is 0 Å². The second-order valence-electron chi connectivity index (χ2n) is 14.6. The number of para-hydroxylation sites is 1. The van der Waals surface area contributed by atoms with Gasteiger partial charge in [-0.3, -0.25) is 0 Å². The van der Waals surface area contributed by atoms with Crippen molar-refractivity contribution < 1.29 is 8.83 Å². The summed E-state index contributed by atoms with van der Waals surface area (Å²) in [6.45, 7) is 0. The summed E-state index contributed by atoms with van der Waals surface area (Å²) < 4.78 is 12.5. The summed E-state index contributed by atoms with van der Waals surface area (Å²) in [6, 6.07) is 62.7. The molecule has 6 nitrogen and oxygen atoms in total. The maximum absolute atomic E-state index is 6.37. The largest absolute Gasteiger partial charge is 0.456 e. The molecule has 0 unspecified atom stereocenters. The van der Waals surface area contributed by atoms with E-state index in [9.17, 15) is 0 Å². The van der Waals surface area contributed by atoms with E-state index in [0.717, 1.165) is 71.5 Å². The highest BCUT2D eigenvalue weighted by Crippen LogP contribution is 2.38. The maximum atomic E-state index is 6.37. The first-order chi connectivity index (χ1) is 28.7. The van der Waals surface area contributed by atoms with Crippen molar-refractivity contribution in [2.75, 3.05) is 0 Å². The van der Waals surface area contributed by atoms with Crippen LogP contribution in [0.1, 0.15) is 0 Å². The zero-order valence-corrected chi connectivity index (χ0v) is 30.9. The summed E-state index contributed by atoms with van der Waals surface area (Å²) in [6.07, 6.45) is 0. The molecule has 6 heteroatoms. The molecule has 0 atom stereocenters. The number of rotatable bonds is 5. The zero-order valence-electron chi connectivity index (χ0n) is 30.9. The molecular formula is C52H30N4O2. The van der Waals surface area contributed by atoms with Crippen molar-refractivity contribution in [1.29, 1.82) is 0 Å². The Morgan fingerprint density at radius 2 is 0.879 bits per heavy atom. The molecule has 0 bridgehead atoms. The van der Waals surface area contributed by atoms with Crippen LogP contribution in [0, 0.1) is 0 Å². The van der Waals surface area contributed by atoms with Gasteiger partial charge in [0.25, 0.3) is 0 Å². The topological polar surface area (TPSA) is 77.8 Å². The fraction of sp³-hybridized carbons (Fsp3) is 0. The van der Waals surface area contributed by atoms with Crippen molar-refractivity contribution >= 4 is 65.6 Å². The summed E-state index contributed by atoms with van der Waals surface area (Å²) >= 11 is 0. The van der Waals surface area contributed by atoms with E-state index < -0.39 is 0 Å². The lowest BCUT2D eigenvalue weighted by atomic mass is 9.93. The Labute approximate surface area is 331 Å². The van der Waals surface area contributed by atoms with E-state index in [1.165, 1.54) is 21.9 Å². The lowest BCUT2D eigenvalue weighted by molar-refractivity contribution is 0.668. The van der Waals surface area contributed by atoms with Crippen LogP contribution in [0.15, 0.2) is 191 Å². The monoisotopic (exact) mass is 742 g/mol. The van der Waals surface area contributed by atoms with Gasteiger partial charge in [0.05, 0.1) is 0 Å². The van der Waals surface area contributed by atoms with Crippen LogP contribution in [0.25, 0.3) is 122 Å². The van der Waals surface area contributed by atoms with Gasteiger partial charge in [-0.2, -0.15) is 0 Å². The number of aromatic nitrogens is 4. The van der Waals surface area contributed by atoms with Crippen molar-refractivity contribution in [2.45, 2.75) is 0 Å². The van der Waals surface area contributed by atoms with Gasteiger partial charge in [0.15, 0.2) is 23.1 Å². The SMILES string of the molecule is c1ccc(-c2cc(-c3ccc4oc5ccc(-c6nc(-c7ccc8ccccc8c7)nc(-c7ccc8oc9ccccc9c8c7)n6)nc5c4c3)cc3ccccc23)cc1. The predicted octanol–water partition coefficient (Wildman–Crippen LogP) is 13.7. The van der Waals surface area contributed by atoms with Gasteiger partial charge in [0.2, 0.25) is 0 Å². The molecule has 0 fully saturated rings. The van der Waals surface area contributed by atoms with Crippen molar-refractivity contribution in [3.63, 3.8) is 0 Å². The van der Waals surface area contributed by atoms with E-state index in [-0.39, 0.29) is 0 Å². The van der Waals surface area contributed by atoms with Gasteiger partial charge in [0, 0.05) is 27.3 Å². The molecule has 0 saturated heterocycles. The molecule has 0 aliphatic carbocycles. The number of pyridine rings is 1. The molecule has 12 rings (SSSR count). The number of furan rings is 2. The number of fused-ring (bicyclic) bond motifs is 8. The van der Waals surface area contributed by atoms with Crippen molar-refractivity contribution in [3.05, 3.63) is 182 Å². The van der Waals surface area contributed by atoms with Crippen LogP contribution < -0.4 is 0 Å². The first-order valence-electron chi connectivity index (χ1n) is 19.3. The molecule has 0 spiro atoms. The second-order valence-corrected chi connectivity index (χ2v) is 14.6. The Morgan fingerprint density at radius 1 is 0.293 bits per heavy atom. The van der Waals surface area contributed by atoms with E-state index >= 15 is 0 Å². The fourth-order valence-corrected chi connectivity index (χ4v) is 8.22. The van der Waals surface area contributed by atoms with Gasteiger partial charge in [0.1, 0.15) is 28.0 Å². The fourth-order valence-electron chi connectivity index (χ4n) is 8.22. The number of hydrogen-bond donors (Lipinski definition) is 0. The molecule has 58 heavy (non-hydrogen) atoms. The Balaban J connectivity index is 1.02. The quantitative estimate of drug-likeness (QED) is 0.175. The lowest BCUT2D eigenvalue weighted by Gasteiger charge is -2.11. The Hall–Kier alpha value is -7.96. The summed E-state index contributed by atoms with van der Waals surface area (Å²) in [5.41, 5.74) is 10.8. The first-order valence-corrected chi connectivity index (χ1v) is 19.3. The molecule has 0 N–H and O–H groups in total. The molecule has 270 valence electrons. The molecule has 4 heterocycles. The highest BCUT2D eigenvalue weighted by atomic mass is 16.3. The predicted molar refractivity (Wildman–Crippen MR) is 234 cm³/mol. The molecular weight excluding hydrogens is 713 g/mol. The van der Waals surface area contributed by atoms with Gasteiger partial charge in [-0.05, 0) is 111 Å². The second kappa shape index (κ2) is 12.8. The van der Waals surface area contributed by atoms with Gasteiger partial charge in [-0.15, -0.1) is 0 Å². The molecule has 8 aromatic carbocycles. The third-order valence-corrected chi connectivity index (χ3v) is 11.1. The number of hydrogen-bond acceptors (Lipinski definition) is 6. The van der Waals surface area contributed by atoms with Crippen LogP contribution in [0.3, 0.4) is 0 Å². The number of benzene rings is 8. The first kappa shape index (κ1) is 32.3. The van der Waals surface area contributed by atoms with E-state index in [1.54, 1.807) is 0 Å². The molecule has 0 radical (unpaired) electrons. The summed E-state index contributed by atoms with van der Waals surface area (Å²) in [7, 11) is 0. The molecule has 4 aromatic heterocycles. The van der Waals surface area contributed by atoms with Crippen LogP contribution in [-0.4, -0.2) is 19.9 Å². The van der Waals surface area contributed by atoms with E-state index in [4.69, 9.17) is 28.8 Å². The van der Waals surface area contributed by atoms with E-state index in [0.29, 0.717) is 28.8 Å². The number of nitrogens with zero attached hydrogens (tertiary/aromatic N) is 4. The summed E-state index contributed by atoms with van der Waals surface area (Å²) in [4.78, 5) is 20.5. The Kier molecular flexibility index (Phi) is 7.13. The average molecular weight is 743 g/mol. The zero-order chi connectivity index (χ0) is 38.2. The standard InChI is InChI=1S/C52H30N4O2/c1-2-11-32(12-3-1)41-30-38(27-35-14-6-7-15-39(35)41)34-20-23-47-43(28-34)49-48(58-47)25-22-44(53-49)52-55-50(36-19-18-31-10-4-5-13-33(31)26-36)54-51(56-52)37-21-24-46-42(29-37)40-16-8-9-17-45(40)57-46/h1-30H. The molecule has 0 aliphatic heterocycles. The minimum absolute atomic E-state index is 0.472. The normalized spacial score (nSPS) is 11.8. The van der Waals surface area contributed by atoms with Crippen LogP contribution in [-0.2, 0) is 0 Å². The smallest absolute Gasteiger partial charge is 0.182 e. The lowest BCUT2D eigenvalue weighted by Crippen LogP contribution is -2.01. The Morgan fingerprint density at radius 3 is 1.74 bits per heavy atom.